The molecule has 3 rings (SSSR count). The van der Waals surface area contributed by atoms with E-state index in [0.717, 1.165) is 17.1 Å². The number of hydrogen-bond acceptors (Lipinski definition) is 5. The molecule has 0 saturated heterocycles. The number of benzene rings is 3. The molecule has 0 radical (unpaired) electrons. The van der Waals surface area contributed by atoms with Gasteiger partial charge in [-0.2, -0.15) is 0 Å². The summed E-state index contributed by atoms with van der Waals surface area (Å²) < 4.78 is 22.4. The Kier molecular flexibility index (Phi) is 7.33. The zero-order chi connectivity index (χ0) is 21.3. The minimum atomic E-state index is -0.706. The SMILES string of the molecule is COc1ccc(OC(C(=O)OCc2cccc(Oc3ccccc3)c2)C(C)C)cc1. The van der Waals surface area contributed by atoms with Crippen LogP contribution >= 0.6 is 0 Å². The monoisotopic (exact) mass is 406 g/mol. The normalized spacial score (nSPS) is 11.6. The van der Waals surface area contributed by atoms with Crippen LogP contribution in [0.4, 0.5) is 0 Å². The van der Waals surface area contributed by atoms with Gasteiger partial charge in [-0.1, -0.05) is 44.2 Å². The van der Waals surface area contributed by atoms with Gasteiger partial charge in [-0.05, 0) is 54.1 Å². The van der Waals surface area contributed by atoms with Crippen LogP contribution in [0.5, 0.6) is 23.0 Å². The molecule has 0 spiro atoms. The quantitative estimate of drug-likeness (QED) is 0.431. The van der Waals surface area contributed by atoms with Crippen LogP contribution in [0.25, 0.3) is 0 Å². The van der Waals surface area contributed by atoms with Crippen LogP contribution < -0.4 is 14.2 Å². The zero-order valence-corrected chi connectivity index (χ0v) is 17.4. The lowest BCUT2D eigenvalue weighted by Gasteiger charge is -2.21. The molecule has 0 aliphatic carbocycles. The number of hydrogen-bond donors (Lipinski definition) is 0. The number of methoxy groups -OCH3 is 1. The lowest BCUT2D eigenvalue weighted by Crippen LogP contribution is -2.34. The fourth-order valence-electron chi connectivity index (χ4n) is 2.82. The second-order valence-electron chi connectivity index (χ2n) is 7.13. The number of esters is 1. The van der Waals surface area contributed by atoms with Gasteiger partial charge in [0, 0.05) is 5.92 Å². The minimum absolute atomic E-state index is 0.0488. The third kappa shape index (κ3) is 6.01. The van der Waals surface area contributed by atoms with Crippen LogP contribution in [0.1, 0.15) is 19.4 Å². The van der Waals surface area contributed by atoms with Crippen LogP contribution in [-0.4, -0.2) is 19.2 Å². The van der Waals surface area contributed by atoms with Gasteiger partial charge in [0.1, 0.15) is 29.6 Å². The molecule has 5 nitrogen and oxygen atoms in total. The molecule has 5 heteroatoms. The Morgan fingerprint density at radius 3 is 2.13 bits per heavy atom. The van der Waals surface area contributed by atoms with Crippen LogP contribution in [0.2, 0.25) is 0 Å². The first kappa shape index (κ1) is 21.2. The van der Waals surface area contributed by atoms with Crippen molar-refractivity contribution in [1.82, 2.24) is 0 Å². The van der Waals surface area contributed by atoms with Crippen molar-refractivity contribution in [2.24, 2.45) is 5.92 Å². The van der Waals surface area contributed by atoms with E-state index >= 15 is 0 Å². The molecule has 0 N–H and O–H groups in total. The fourth-order valence-corrected chi connectivity index (χ4v) is 2.82. The number of para-hydroxylation sites is 1. The predicted molar refractivity (Wildman–Crippen MR) is 115 cm³/mol. The summed E-state index contributed by atoms with van der Waals surface area (Å²) in [6.07, 6.45) is -0.706. The molecule has 3 aromatic carbocycles. The molecule has 30 heavy (non-hydrogen) atoms. The van der Waals surface area contributed by atoms with Crippen LogP contribution in [0, 0.1) is 5.92 Å². The first-order valence-corrected chi connectivity index (χ1v) is 9.84. The van der Waals surface area contributed by atoms with Crippen molar-refractivity contribution < 1.29 is 23.7 Å². The Hall–Kier alpha value is -3.47. The summed E-state index contributed by atoms with van der Waals surface area (Å²) in [5.74, 6) is 2.29. The molecular weight excluding hydrogens is 380 g/mol. The number of ether oxygens (including phenoxy) is 4. The highest BCUT2D eigenvalue weighted by molar-refractivity contribution is 5.75. The van der Waals surface area contributed by atoms with Gasteiger partial charge in [0.2, 0.25) is 0 Å². The standard InChI is InChI=1S/C25H26O5/c1-18(2)24(30-22-14-12-20(27-3)13-15-22)25(26)28-17-19-8-7-11-23(16-19)29-21-9-5-4-6-10-21/h4-16,18,24H,17H2,1-3H3. The summed E-state index contributed by atoms with van der Waals surface area (Å²) in [7, 11) is 1.60. The molecule has 0 aliphatic rings. The molecule has 0 saturated carbocycles. The highest BCUT2D eigenvalue weighted by Crippen LogP contribution is 2.23. The molecule has 0 aliphatic heterocycles. The van der Waals surface area contributed by atoms with E-state index in [4.69, 9.17) is 18.9 Å². The van der Waals surface area contributed by atoms with E-state index in [1.54, 1.807) is 31.4 Å². The van der Waals surface area contributed by atoms with Gasteiger partial charge in [-0.25, -0.2) is 4.79 Å². The van der Waals surface area contributed by atoms with E-state index in [1.165, 1.54) is 0 Å². The number of carbonyl (C=O) groups is 1. The summed E-state index contributed by atoms with van der Waals surface area (Å²) in [5, 5.41) is 0. The van der Waals surface area contributed by atoms with E-state index in [-0.39, 0.29) is 12.5 Å². The van der Waals surface area contributed by atoms with Crippen molar-refractivity contribution in [3.05, 3.63) is 84.4 Å². The maximum absolute atomic E-state index is 12.7. The third-order valence-corrected chi connectivity index (χ3v) is 4.42. The van der Waals surface area contributed by atoms with Gasteiger partial charge in [-0.3, -0.25) is 0 Å². The first-order chi connectivity index (χ1) is 14.5. The molecular formula is C25H26O5. The molecule has 3 aromatic rings. The van der Waals surface area contributed by atoms with Crippen LogP contribution in [0.3, 0.4) is 0 Å². The Labute approximate surface area is 177 Å². The van der Waals surface area contributed by atoms with E-state index in [0.29, 0.717) is 11.5 Å². The second kappa shape index (κ2) is 10.3. The predicted octanol–water partition coefficient (Wildman–Crippen LogP) is 5.63. The number of rotatable bonds is 9. The third-order valence-electron chi connectivity index (χ3n) is 4.42. The highest BCUT2D eigenvalue weighted by Gasteiger charge is 2.26. The maximum Gasteiger partial charge on any atom is 0.347 e. The van der Waals surface area contributed by atoms with E-state index in [2.05, 4.69) is 0 Å². The largest absolute Gasteiger partial charge is 0.497 e. The van der Waals surface area contributed by atoms with Crippen LogP contribution in [0.15, 0.2) is 78.9 Å². The van der Waals surface area contributed by atoms with Crippen molar-refractivity contribution in [1.29, 1.82) is 0 Å². The maximum atomic E-state index is 12.7. The van der Waals surface area contributed by atoms with Gasteiger partial charge in [-0.15, -0.1) is 0 Å². The fraction of sp³-hybridized carbons (Fsp3) is 0.240. The van der Waals surface area contributed by atoms with Gasteiger partial charge in [0.05, 0.1) is 7.11 Å². The summed E-state index contributed by atoms with van der Waals surface area (Å²) in [6.45, 7) is 3.98. The average molecular weight is 406 g/mol. The number of carbonyl (C=O) groups excluding carboxylic acids is 1. The van der Waals surface area contributed by atoms with E-state index in [9.17, 15) is 4.79 Å². The topological polar surface area (TPSA) is 54.0 Å². The van der Waals surface area contributed by atoms with Crippen molar-refractivity contribution in [3.63, 3.8) is 0 Å². The molecule has 0 amide bonds. The van der Waals surface area contributed by atoms with E-state index in [1.807, 2.05) is 68.4 Å². The second-order valence-corrected chi connectivity index (χ2v) is 7.13. The summed E-state index contributed by atoms with van der Waals surface area (Å²) in [5.41, 5.74) is 0.837. The van der Waals surface area contributed by atoms with Crippen molar-refractivity contribution in [3.8, 4) is 23.0 Å². The minimum Gasteiger partial charge on any atom is -0.497 e. The van der Waals surface area contributed by atoms with Crippen molar-refractivity contribution in [2.45, 2.75) is 26.6 Å². The molecule has 0 fully saturated rings. The average Bonchev–Trinajstić information content (AvgIpc) is 2.77. The lowest BCUT2D eigenvalue weighted by atomic mass is 10.1. The Morgan fingerprint density at radius 1 is 0.800 bits per heavy atom. The smallest absolute Gasteiger partial charge is 0.347 e. The van der Waals surface area contributed by atoms with Gasteiger partial charge < -0.3 is 18.9 Å². The molecule has 1 atom stereocenters. The summed E-state index contributed by atoms with van der Waals surface area (Å²) in [6, 6.07) is 24.1. The molecule has 156 valence electrons. The zero-order valence-electron chi connectivity index (χ0n) is 17.4. The first-order valence-electron chi connectivity index (χ1n) is 9.84. The van der Waals surface area contributed by atoms with Crippen molar-refractivity contribution >= 4 is 5.97 Å². The Bertz CT molecular complexity index is 935. The van der Waals surface area contributed by atoms with Crippen molar-refractivity contribution in [2.75, 3.05) is 7.11 Å². The van der Waals surface area contributed by atoms with Gasteiger partial charge in [0.15, 0.2) is 6.10 Å². The molecule has 0 aromatic heterocycles. The van der Waals surface area contributed by atoms with Crippen LogP contribution in [-0.2, 0) is 16.1 Å². The summed E-state index contributed by atoms with van der Waals surface area (Å²) >= 11 is 0. The van der Waals surface area contributed by atoms with Gasteiger partial charge in [0.25, 0.3) is 0 Å². The Morgan fingerprint density at radius 2 is 1.47 bits per heavy atom. The molecule has 0 heterocycles. The highest BCUT2D eigenvalue weighted by atomic mass is 16.6. The molecule has 1 unspecified atom stereocenters. The summed E-state index contributed by atoms with van der Waals surface area (Å²) in [4.78, 5) is 12.7. The van der Waals surface area contributed by atoms with E-state index < -0.39 is 12.1 Å². The Balaban J connectivity index is 1.60. The lowest BCUT2D eigenvalue weighted by molar-refractivity contribution is -0.155. The molecule has 0 bridgehead atoms. The van der Waals surface area contributed by atoms with Gasteiger partial charge >= 0.3 is 5.97 Å².